The summed E-state index contributed by atoms with van der Waals surface area (Å²) in [5.41, 5.74) is 2.95. The molecule has 2 heterocycles. The van der Waals surface area contributed by atoms with E-state index in [-0.39, 0.29) is 16.6 Å². The van der Waals surface area contributed by atoms with E-state index in [0.717, 1.165) is 18.4 Å². The van der Waals surface area contributed by atoms with E-state index in [2.05, 4.69) is 19.7 Å². The van der Waals surface area contributed by atoms with Crippen molar-refractivity contribution in [1.29, 1.82) is 0 Å². The molecule has 0 aliphatic rings. The van der Waals surface area contributed by atoms with Crippen molar-refractivity contribution < 1.29 is 13.2 Å². The summed E-state index contributed by atoms with van der Waals surface area (Å²) in [6, 6.07) is 17.9. The van der Waals surface area contributed by atoms with Gasteiger partial charge >= 0.3 is 0 Å². The van der Waals surface area contributed by atoms with E-state index in [4.69, 9.17) is 4.74 Å². The second-order valence-electron chi connectivity index (χ2n) is 7.05. The van der Waals surface area contributed by atoms with Crippen LogP contribution in [0.3, 0.4) is 0 Å². The van der Waals surface area contributed by atoms with Gasteiger partial charge in [0.15, 0.2) is 0 Å². The molecule has 2 aromatic heterocycles. The Kier molecular flexibility index (Phi) is 6.08. The number of ether oxygens (including phenoxy) is 1. The highest BCUT2D eigenvalue weighted by Gasteiger charge is 2.21. The molecule has 7 nitrogen and oxygen atoms in total. The fourth-order valence-corrected chi connectivity index (χ4v) is 4.43. The highest BCUT2D eigenvalue weighted by atomic mass is 32.2. The maximum absolute atomic E-state index is 13.0. The van der Waals surface area contributed by atoms with Crippen molar-refractivity contribution in [2.45, 2.75) is 24.7 Å². The highest BCUT2D eigenvalue weighted by Crippen LogP contribution is 2.27. The standard InChI is InChI=1S/C23H22N4O3S/c1-17-8-2-5-13-21(17)31(28,29)27-22-23(26-20-12-4-3-11-19(20)25-22)30-15-7-10-18-9-6-14-24-16-18/h2-6,8-9,11-14,16H,7,10,15H2,1H3,(H,25,27). The Morgan fingerprint density at radius 1 is 0.935 bits per heavy atom. The minimum atomic E-state index is -3.85. The Labute approximate surface area is 181 Å². The normalized spacial score (nSPS) is 11.4. The number of nitrogens with one attached hydrogen (secondary N) is 1. The molecule has 0 spiro atoms. The predicted octanol–water partition coefficient (Wildman–Crippen LogP) is 4.15. The van der Waals surface area contributed by atoms with Gasteiger partial charge in [0.25, 0.3) is 15.9 Å². The molecule has 31 heavy (non-hydrogen) atoms. The maximum Gasteiger partial charge on any atom is 0.263 e. The summed E-state index contributed by atoms with van der Waals surface area (Å²) in [6.07, 6.45) is 5.07. The van der Waals surface area contributed by atoms with Crippen molar-refractivity contribution in [3.63, 3.8) is 0 Å². The van der Waals surface area contributed by atoms with Crippen molar-refractivity contribution >= 4 is 26.9 Å². The van der Waals surface area contributed by atoms with Crippen LogP contribution in [-0.2, 0) is 16.4 Å². The minimum Gasteiger partial charge on any atom is -0.475 e. The van der Waals surface area contributed by atoms with Crippen LogP contribution in [0.25, 0.3) is 11.0 Å². The number of aromatic nitrogens is 3. The minimum absolute atomic E-state index is 0.0725. The van der Waals surface area contributed by atoms with Crippen molar-refractivity contribution in [3.8, 4) is 5.88 Å². The Morgan fingerprint density at radius 3 is 2.42 bits per heavy atom. The van der Waals surface area contributed by atoms with Gasteiger partial charge in [-0.1, -0.05) is 36.4 Å². The quantitative estimate of drug-likeness (QED) is 0.419. The van der Waals surface area contributed by atoms with Crippen LogP contribution in [-0.4, -0.2) is 30.0 Å². The van der Waals surface area contributed by atoms with Crippen molar-refractivity contribution in [3.05, 3.63) is 84.2 Å². The summed E-state index contributed by atoms with van der Waals surface area (Å²) < 4.78 is 34.4. The first-order valence-corrected chi connectivity index (χ1v) is 11.4. The van der Waals surface area contributed by atoms with E-state index in [1.807, 2.05) is 36.5 Å². The molecule has 4 aromatic rings. The summed E-state index contributed by atoms with van der Waals surface area (Å²) in [6.45, 7) is 2.11. The van der Waals surface area contributed by atoms with Crippen molar-refractivity contribution in [2.75, 3.05) is 11.3 Å². The van der Waals surface area contributed by atoms with Crippen LogP contribution < -0.4 is 9.46 Å². The van der Waals surface area contributed by atoms with Gasteiger partial charge in [-0.2, -0.15) is 0 Å². The first-order chi connectivity index (χ1) is 15.0. The van der Waals surface area contributed by atoms with Gasteiger partial charge in [-0.15, -0.1) is 0 Å². The lowest BCUT2D eigenvalue weighted by atomic mass is 10.2. The average molecular weight is 435 g/mol. The molecule has 1 N–H and O–H groups in total. The van der Waals surface area contributed by atoms with Crippen molar-refractivity contribution in [2.24, 2.45) is 0 Å². The molecule has 0 amide bonds. The van der Waals surface area contributed by atoms with E-state index in [0.29, 0.717) is 23.2 Å². The summed E-state index contributed by atoms with van der Waals surface area (Å²) >= 11 is 0. The number of fused-ring (bicyclic) bond motifs is 1. The van der Waals surface area contributed by atoms with Gasteiger partial charge in [-0.3, -0.25) is 9.71 Å². The van der Waals surface area contributed by atoms with Crippen LogP contribution in [0.5, 0.6) is 5.88 Å². The molecule has 2 aromatic carbocycles. The second kappa shape index (κ2) is 9.09. The van der Waals surface area contributed by atoms with Gasteiger partial charge in [0.05, 0.1) is 22.5 Å². The van der Waals surface area contributed by atoms with Crippen LogP contribution in [0.4, 0.5) is 5.82 Å². The van der Waals surface area contributed by atoms with Crippen LogP contribution in [0, 0.1) is 6.92 Å². The molecule has 0 saturated heterocycles. The molecule has 0 unspecified atom stereocenters. The molecule has 0 atom stereocenters. The molecule has 0 radical (unpaired) electrons. The molecule has 0 aliphatic heterocycles. The zero-order chi connectivity index (χ0) is 21.7. The van der Waals surface area contributed by atoms with E-state index in [1.54, 1.807) is 43.5 Å². The summed E-state index contributed by atoms with van der Waals surface area (Å²) in [4.78, 5) is 13.3. The van der Waals surface area contributed by atoms with E-state index < -0.39 is 10.0 Å². The number of pyridine rings is 1. The monoisotopic (exact) mass is 434 g/mol. The number of para-hydroxylation sites is 2. The van der Waals surface area contributed by atoms with Crippen LogP contribution in [0.15, 0.2) is 78.0 Å². The van der Waals surface area contributed by atoms with Gasteiger partial charge in [-0.05, 0) is 55.2 Å². The SMILES string of the molecule is Cc1ccccc1S(=O)(=O)Nc1nc2ccccc2nc1OCCCc1cccnc1. The number of hydrogen-bond donors (Lipinski definition) is 1. The maximum atomic E-state index is 13.0. The number of sulfonamides is 1. The highest BCUT2D eigenvalue weighted by molar-refractivity contribution is 7.92. The second-order valence-corrected chi connectivity index (χ2v) is 8.70. The molecule has 158 valence electrons. The van der Waals surface area contributed by atoms with Crippen LogP contribution >= 0.6 is 0 Å². The van der Waals surface area contributed by atoms with Gasteiger partial charge in [0.2, 0.25) is 5.82 Å². The number of nitrogens with zero attached hydrogens (tertiary/aromatic N) is 3. The average Bonchev–Trinajstić information content (AvgIpc) is 2.77. The first kappa shape index (κ1) is 20.7. The summed E-state index contributed by atoms with van der Waals surface area (Å²) in [7, 11) is -3.85. The Bertz CT molecular complexity index is 1290. The molecule has 4 rings (SSSR count). The third-order valence-corrected chi connectivity index (χ3v) is 6.22. The molecular weight excluding hydrogens is 412 g/mol. The van der Waals surface area contributed by atoms with Crippen molar-refractivity contribution in [1.82, 2.24) is 15.0 Å². The fraction of sp³-hybridized carbons (Fsp3) is 0.174. The third-order valence-electron chi connectivity index (χ3n) is 4.72. The number of aryl methyl sites for hydroxylation is 2. The van der Waals surface area contributed by atoms with Crippen LogP contribution in [0.2, 0.25) is 0 Å². The van der Waals surface area contributed by atoms with Gasteiger partial charge < -0.3 is 4.74 Å². The first-order valence-electron chi connectivity index (χ1n) is 9.90. The van der Waals surface area contributed by atoms with Gasteiger partial charge in [0, 0.05) is 12.4 Å². The predicted molar refractivity (Wildman–Crippen MR) is 120 cm³/mol. The van der Waals surface area contributed by atoms with Gasteiger partial charge in [0.1, 0.15) is 0 Å². The van der Waals surface area contributed by atoms with E-state index >= 15 is 0 Å². The Balaban J connectivity index is 1.58. The molecule has 0 fully saturated rings. The smallest absolute Gasteiger partial charge is 0.263 e. The zero-order valence-electron chi connectivity index (χ0n) is 17.0. The Morgan fingerprint density at radius 2 is 1.68 bits per heavy atom. The van der Waals surface area contributed by atoms with Crippen LogP contribution in [0.1, 0.15) is 17.5 Å². The lowest BCUT2D eigenvalue weighted by molar-refractivity contribution is 0.301. The number of anilines is 1. The molecule has 0 saturated carbocycles. The van der Waals surface area contributed by atoms with Gasteiger partial charge in [-0.25, -0.2) is 18.4 Å². The topological polar surface area (TPSA) is 94.1 Å². The molecule has 8 heteroatoms. The molecule has 0 aliphatic carbocycles. The molecule has 0 bridgehead atoms. The van der Waals surface area contributed by atoms with E-state index in [1.165, 1.54) is 0 Å². The lowest BCUT2D eigenvalue weighted by Crippen LogP contribution is -2.17. The third kappa shape index (κ3) is 4.97. The fourth-order valence-electron chi connectivity index (χ4n) is 3.18. The largest absolute Gasteiger partial charge is 0.475 e. The van der Waals surface area contributed by atoms with E-state index in [9.17, 15) is 8.42 Å². The number of rotatable bonds is 8. The summed E-state index contributed by atoms with van der Waals surface area (Å²) in [5.74, 6) is 0.227. The Hall–Kier alpha value is -3.52. The number of benzene rings is 2. The number of hydrogen-bond acceptors (Lipinski definition) is 6. The summed E-state index contributed by atoms with van der Waals surface area (Å²) in [5, 5.41) is 0. The lowest BCUT2D eigenvalue weighted by Gasteiger charge is -2.14. The molecular formula is C23H22N4O3S. The zero-order valence-corrected chi connectivity index (χ0v) is 17.8.